The van der Waals surface area contributed by atoms with E-state index in [0.717, 1.165) is 0 Å². The number of sulfonamides is 1. The minimum atomic E-state index is -3.69. The molecule has 0 fully saturated rings. The number of rotatable bonds is 3. The lowest BCUT2D eigenvalue weighted by Crippen LogP contribution is -2.13. The minimum Gasteiger partial charge on any atom is -0.276 e. The second-order valence-electron chi connectivity index (χ2n) is 3.40. The lowest BCUT2D eigenvalue weighted by Gasteiger charge is -2.08. The first-order valence-corrected chi connectivity index (χ1v) is 7.12. The summed E-state index contributed by atoms with van der Waals surface area (Å²) in [5.41, 5.74) is 0.231. The van der Waals surface area contributed by atoms with Crippen molar-refractivity contribution in [2.24, 2.45) is 0 Å². The van der Waals surface area contributed by atoms with Crippen LogP contribution in [0.4, 0.5) is 5.69 Å². The zero-order chi connectivity index (χ0) is 13.2. The molecule has 1 aromatic heterocycles. The Labute approximate surface area is 115 Å². The van der Waals surface area contributed by atoms with E-state index in [1.807, 2.05) is 0 Å². The summed E-state index contributed by atoms with van der Waals surface area (Å²) < 4.78 is 26.4. The number of halogens is 2. The molecule has 2 rings (SSSR count). The monoisotopic (exact) mass is 302 g/mol. The smallest absolute Gasteiger partial charge is 0.261 e. The van der Waals surface area contributed by atoms with Crippen LogP contribution in [-0.2, 0) is 10.0 Å². The average molecular weight is 303 g/mol. The number of anilines is 1. The highest BCUT2D eigenvalue weighted by Crippen LogP contribution is 2.22. The number of hydrogen-bond acceptors (Lipinski definition) is 3. The summed E-state index contributed by atoms with van der Waals surface area (Å²) in [5.74, 6) is 0. The van der Waals surface area contributed by atoms with Crippen LogP contribution in [0.5, 0.6) is 0 Å². The summed E-state index contributed by atoms with van der Waals surface area (Å²) in [6.07, 6.45) is 1.47. The number of hydrogen-bond donors (Lipinski definition) is 1. The molecule has 0 radical (unpaired) electrons. The first-order valence-electron chi connectivity index (χ1n) is 4.88. The first-order chi connectivity index (χ1) is 8.49. The van der Waals surface area contributed by atoms with E-state index in [2.05, 4.69) is 9.71 Å². The summed E-state index contributed by atoms with van der Waals surface area (Å²) in [6, 6.07) is 8.94. The molecule has 18 heavy (non-hydrogen) atoms. The number of aromatic nitrogens is 1. The molecule has 0 aliphatic heterocycles. The lowest BCUT2D eigenvalue weighted by atomic mass is 10.4. The zero-order valence-electron chi connectivity index (χ0n) is 8.97. The minimum absolute atomic E-state index is 0.0926. The van der Waals surface area contributed by atoms with Crippen molar-refractivity contribution in [1.82, 2.24) is 4.98 Å². The average Bonchev–Trinajstić information content (AvgIpc) is 2.32. The molecule has 1 N–H and O–H groups in total. The molecule has 1 heterocycles. The van der Waals surface area contributed by atoms with Crippen LogP contribution in [0.25, 0.3) is 0 Å². The van der Waals surface area contributed by atoms with Gasteiger partial charge in [-0.05, 0) is 36.4 Å². The fourth-order valence-corrected chi connectivity index (χ4v) is 2.69. The van der Waals surface area contributed by atoms with Gasteiger partial charge >= 0.3 is 0 Å². The largest absolute Gasteiger partial charge is 0.276 e. The van der Waals surface area contributed by atoms with Gasteiger partial charge in [-0.3, -0.25) is 4.72 Å². The molecule has 0 amide bonds. The molecule has 0 bridgehead atoms. The summed E-state index contributed by atoms with van der Waals surface area (Å²) in [4.78, 5) is 3.89. The van der Waals surface area contributed by atoms with Gasteiger partial charge in [0.05, 0.1) is 10.6 Å². The van der Waals surface area contributed by atoms with Crippen molar-refractivity contribution in [3.8, 4) is 0 Å². The van der Waals surface area contributed by atoms with Gasteiger partial charge < -0.3 is 0 Å². The van der Waals surface area contributed by atoms with Crippen LogP contribution in [0.1, 0.15) is 0 Å². The molecule has 4 nitrogen and oxygen atoms in total. The fraction of sp³-hybridized carbons (Fsp3) is 0. The van der Waals surface area contributed by atoms with Crippen LogP contribution in [0, 0.1) is 0 Å². The highest BCUT2D eigenvalue weighted by atomic mass is 35.5. The Bertz CT molecular complexity index is 657. The van der Waals surface area contributed by atoms with Gasteiger partial charge in [-0.2, -0.15) is 0 Å². The van der Waals surface area contributed by atoms with Crippen LogP contribution >= 0.6 is 23.2 Å². The molecule has 0 atom stereocenters. The van der Waals surface area contributed by atoms with Crippen LogP contribution < -0.4 is 4.72 Å². The van der Waals surface area contributed by atoms with Crippen molar-refractivity contribution in [2.45, 2.75) is 4.90 Å². The van der Waals surface area contributed by atoms with Crippen molar-refractivity contribution in [3.05, 3.63) is 52.8 Å². The number of nitrogens with zero attached hydrogens (tertiary/aromatic N) is 1. The number of nitrogens with one attached hydrogen (secondary N) is 1. The van der Waals surface area contributed by atoms with Crippen molar-refractivity contribution in [3.63, 3.8) is 0 Å². The Morgan fingerprint density at radius 1 is 1.06 bits per heavy atom. The second-order valence-corrected chi connectivity index (χ2v) is 5.88. The maximum atomic E-state index is 12.0. The van der Waals surface area contributed by atoms with Crippen LogP contribution in [0.15, 0.2) is 47.5 Å². The third-order valence-electron chi connectivity index (χ3n) is 2.13. The van der Waals surface area contributed by atoms with Gasteiger partial charge in [0.25, 0.3) is 10.0 Å². The van der Waals surface area contributed by atoms with Gasteiger partial charge in [-0.25, -0.2) is 13.4 Å². The summed E-state index contributed by atoms with van der Waals surface area (Å²) >= 11 is 11.5. The predicted octanol–water partition coefficient (Wildman–Crippen LogP) is 3.19. The SMILES string of the molecule is O=S(=O)(Nc1cccnc1Cl)c1ccc(Cl)cc1. The molecular weight excluding hydrogens is 295 g/mol. The molecule has 0 saturated carbocycles. The molecule has 7 heteroatoms. The Morgan fingerprint density at radius 3 is 2.33 bits per heavy atom. The summed E-state index contributed by atoms with van der Waals surface area (Å²) in [5, 5.41) is 0.559. The van der Waals surface area contributed by atoms with Gasteiger partial charge in [0, 0.05) is 11.2 Å². The molecule has 2 aromatic rings. The van der Waals surface area contributed by atoms with Gasteiger partial charge in [-0.1, -0.05) is 23.2 Å². The number of pyridine rings is 1. The van der Waals surface area contributed by atoms with E-state index in [1.165, 1.54) is 36.5 Å². The Hall–Kier alpha value is -1.30. The van der Waals surface area contributed by atoms with Crippen molar-refractivity contribution in [2.75, 3.05) is 4.72 Å². The lowest BCUT2D eigenvalue weighted by molar-refractivity contribution is 0.601. The fourth-order valence-electron chi connectivity index (χ4n) is 1.28. The molecular formula is C11H8Cl2N2O2S. The Kier molecular flexibility index (Phi) is 3.75. The third-order valence-corrected chi connectivity index (χ3v) is 4.06. The second kappa shape index (κ2) is 5.14. The van der Waals surface area contributed by atoms with Crippen LogP contribution in [0.2, 0.25) is 10.2 Å². The van der Waals surface area contributed by atoms with E-state index in [0.29, 0.717) is 5.02 Å². The van der Waals surface area contributed by atoms with Gasteiger partial charge in [0.1, 0.15) is 0 Å². The third kappa shape index (κ3) is 2.93. The van der Waals surface area contributed by atoms with Crippen molar-refractivity contribution in [1.29, 1.82) is 0 Å². The molecule has 94 valence electrons. The normalized spacial score (nSPS) is 11.2. The highest BCUT2D eigenvalue weighted by molar-refractivity contribution is 7.92. The summed E-state index contributed by atoms with van der Waals surface area (Å²) in [7, 11) is -3.69. The van der Waals surface area contributed by atoms with Gasteiger partial charge in [0.2, 0.25) is 0 Å². The molecule has 0 unspecified atom stereocenters. The molecule has 0 spiro atoms. The van der Waals surface area contributed by atoms with E-state index in [1.54, 1.807) is 6.07 Å². The van der Waals surface area contributed by atoms with E-state index in [4.69, 9.17) is 23.2 Å². The molecule has 1 aromatic carbocycles. The number of benzene rings is 1. The van der Waals surface area contributed by atoms with Crippen LogP contribution in [0.3, 0.4) is 0 Å². The highest BCUT2D eigenvalue weighted by Gasteiger charge is 2.15. The van der Waals surface area contributed by atoms with E-state index in [-0.39, 0.29) is 15.7 Å². The first kappa shape index (κ1) is 13.1. The maximum Gasteiger partial charge on any atom is 0.261 e. The zero-order valence-corrected chi connectivity index (χ0v) is 11.3. The topological polar surface area (TPSA) is 59.1 Å². The van der Waals surface area contributed by atoms with Crippen molar-refractivity contribution >= 4 is 38.9 Å². The molecule has 0 aliphatic carbocycles. The van der Waals surface area contributed by atoms with Gasteiger partial charge in [-0.15, -0.1) is 0 Å². The van der Waals surface area contributed by atoms with Crippen LogP contribution in [-0.4, -0.2) is 13.4 Å². The predicted molar refractivity (Wildman–Crippen MR) is 71.5 cm³/mol. The maximum absolute atomic E-state index is 12.0. The Balaban J connectivity index is 2.33. The quantitative estimate of drug-likeness (QED) is 0.886. The molecule has 0 aliphatic rings. The Morgan fingerprint density at radius 2 is 1.72 bits per heavy atom. The molecule has 0 saturated heterocycles. The summed E-state index contributed by atoms with van der Waals surface area (Å²) in [6.45, 7) is 0. The standard InChI is InChI=1S/C11H8Cl2N2O2S/c12-8-3-5-9(6-4-8)18(16,17)15-10-2-1-7-14-11(10)13/h1-7,15H. The van der Waals surface area contributed by atoms with Crippen molar-refractivity contribution < 1.29 is 8.42 Å². The van der Waals surface area contributed by atoms with E-state index in [9.17, 15) is 8.42 Å². The van der Waals surface area contributed by atoms with Gasteiger partial charge in [0.15, 0.2) is 5.15 Å². The van der Waals surface area contributed by atoms with E-state index >= 15 is 0 Å². The van der Waals surface area contributed by atoms with E-state index < -0.39 is 10.0 Å².